The number of hydrogen-bond acceptors (Lipinski definition) is 5. The summed E-state index contributed by atoms with van der Waals surface area (Å²) in [7, 11) is 0. The SMILES string of the molecule is CCNc1cc(NC2CNC(=O)C2)nc(CC)n1. The van der Waals surface area contributed by atoms with E-state index in [0.717, 1.165) is 30.4 Å². The number of carbonyl (C=O) groups is 1. The largest absolute Gasteiger partial charge is 0.370 e. The zero-order valence-electron chi connectivity index (χ0n) is 10.8. The van der Waals surface area contributed by atoms with Gasteiger partial charge in [-0.05, 0) is 6.92 Å². The zero-order chi connectivity index (χ0) is 13.0. The van der Waals surface area contributed by atoms with Crippen molar-refractivity contribution < 1.29 is 4.79 Å². The molecule has 6 nitrogen and oxygen atoms in total. The maximum atomic E-state index is 11.1. The van der Waals surface area contributed by atoms with Crippen LogP contribution in [0.4, 0.5) is 11.6 Å². The van der Waals surface area contributed by atoms with Crippen LogP contribution in [0.5, 0.6) is 0 Å². The van der Waals surface area contributed by atoms with Gasteiger partial charge in [0.25, 0.3) is 0 Å². The summed E-state index contributed by atoms with van der Waals surface area (Å²) in [4.78, 5) is 19.9. The molecule has 1 aliphatic heterocycles. The van der Waals surface area contributed by atoms with Crippen molar-refractivity contribution in [2.45, 2.75) is 32.7 Å². The lowest BCUT2D eigenvalue weighted by molar-refractivity contribution is -0.119. The minimum absolute atomic E-state index is 0.0872. The lowest BCUT2D eigenvalue weighted by Crippen LogP contribution is -2.23. The number of aromatic nitrogens is 2. The van der Waals surface area contributed by atoms with Crippen molar-refractivity contribution in [2.75, 3.05) is 23.7 Å². The molecule has 0 spiro atoms. The first-order chi connectivity index (χ1) is 8.71. The smallest absolute Gasteiger partial charge is 0.222 e. The molecule has 98 valence electrons. The molecule has 1 fully saturated rings. The van der Waals surface area contributed by atoms with E-state index in [-0.39, 0.29) is 11.9 Å². The van der Waals surface area contributed by atoms with Gasteiger partial charge < -0.3 is 16.0 Å². The van der Waals surface area contributed by atoms with Crippen LogP contribution in [0.15, 0.2) is 6.07 Å². The van der Waals surface area contributed by atoms with Crippen LogP contribution >= 0.6 is 0 Å². The molecule has 1 aromatic heterocycles. The Morgan fingerprint density at radius 3 is 2.78 bits per heavy atom. The van der Waals surface area contributed by atoms with E-state index in [0.29, 0.717) is 13.0 Å². The normalized spacial score (nSPS) is 18.6. The third-order valence-electron chi connectivity index (χ3n) is 2.78. The lowest BCUT2D eigenvalue weighted by atomic mass is 10.2. The van der Waals surface area contributed by atoms with Crippen LogP contribution in [-0.2, 0) is 11.2 Å². The van der Waals surface area contributed by atoms with Gasteiger partial charge in [0, 0.05) is 32.0 Å². The first-order valence-electron chi connectivity index (χ1n) is 6.36. The highest BCUT2D eigenvalue weighted by molar-refractivity contribution is 5.79. The molecule has 3 N–H and O–H groups in total. The number of amides is 1. The average molecular weight is 249 g/mol. The number of hydrogen-bond donors (Lipinski definition) is 3. The number of anilines is 2. The van der Waals surface area contributed by atoms with Crippen LogP contribution in [0, 0.1) is 0 Å². The predicted molar refractivity (Wildman–Crippen MR) is 70.6 cm³/mol. The maximum absolute atomic E-state index is 11.1. The minimum Gasteiger partial charge on any atom is -0.370 e. The molecule has 1 aliphatic rings. The molecule has 1 aromatic rings. The molecule has 0 aromatic carbocycles. The van der Waals surface area contributed by atoms with Crippen LogP contribution in [0.3, 0.4) is 0 Å². The summed E-state index contributed by atoms with van der Waals surface area (Å²) in [6.45, 7) is 5.53. The Morgan fingerprint density at radius 1 is 1.39 bits per heavy atom. The number of nitrogens with zero attached hydrogens (tertiary/aromatic N) is 2. The Hall–Kier alpha value is -1.85. The number of carbonyl (C=O) groups excluding carboxylic acids is 1. The van der Waals surface area contributed by atoms with Crippen LogP contribution in [0.2, 0.25) is 0 Å². The molecule has 6 heteroatoms. The highest BCUT2D eigenvalue weighted by atomic mass is 16.1. The van der Waals surface area contributed by atoms with Crippen LogP contribution in [0.25, 0.3) is 0 Å². The number of rotatable bonds is 5. The molecule has 0 radical (unpaired) electrons. The van der Waals surface area contributed by atoms with Crippen molar-refractivity contribution in [1.82, 2.24) is 15.3 Å². The molecular formula is C12H19N5O. The molecule has 0 bridgehead atoms. The summed E-state index contributed by atoms with van der Waals surface area (Å²) < 4.78 is 0. The van der Waals surface area contributed by atoms with Gasteiger partial charge >= 0.3 is 0 Å². The van der Waals surface area contributed by atoms with E-state index in [9.17, 15) is 4.79 Å². The summed E-state index contributed by atoms with van der Waals surface area (Å²) in [6, 6.07) is 2.00. The van der Waals surface area contributed by atoms with Gasteiger partial charge in [0.15, 0.2) is 0 Å². The lowest BCUT2D eigenvalue weighted by Gasteiger charge is -2.13. The van der Waals surface area contributed by atoms with Crippen molar-refractivity contribution in [3.8, 4) is 0 Å². The Bertz CT molecular complexity index is 434. The third-order valence-corrected chi connectivity index (χ3v) is 2.78. The molecular weight excluding hydrogens is 230 g/mol. The number of nitrogens with one attached hydrogen (secondary N) is 3. The molecule has 1 amide bonds. The standard InChI is InChI=1S/C12H19N5O/c1-3-9-16-10(13-4-2)6-11(17-9)15-8-5-12(18)14-7-8/h6,8H,3-5,7H2,1-2H3,(H,14,18)(H2,13,15,16,17). The molecule has 1 saturated heterocycles. The molecule has 18 heavy (non-hydrogen) atoms. The van der Waals surface area contributed by atoms with Gasteiger partial charge in [-0.1, -0.05) is 6.92 Å². The average Bonchev–Trinajstić information content (AvgIpc) is 2.75. The fraction of sp³-hybridized carbons (Fsp3) is 0.583. The van der Waals surface area contributed by atoms with E-state index < -0.39 is 0 Å². The third kappa shape index (κ3) is 3.09. The first kappa shape index (κ1) is 12.6. The van der Waals surface area contributed by atoms with Gasteiger partial charge in [-0.15, -0.1) is 0 Å². The summed E-state index contributed by atoms with van der Waals surface area (Å²) in [5.41, 5.74) is 0. The van der Waals surface area contributed by atoms with Crippen molar-refractivity contribution >= 4 is 17.5 Å². The first-order valence-corrected chi connectivity index (χ1v) is 6.36. The van der Waals surface area contributed by atoms with Gasteiger partial charge in [-0.2, -0.15) is 0 Å². The Kier molecular flexibility index (Phi) is 3.96. The van der Waals surface area contributed by atoms with E-state index in [4.69, 9.17) is 0 Å². The fourth-order valence-corrected chi connectivity index (χ4v) is 1.92. The van der Waals surface area contributed by atoms with E-state index in [2.05, 4.69) is 25.9 Å². The quantitative estimate of drug-likeness (QED) is 0.718. The van der Waals surface area contributed by atoms with E-state index >= 15 is 0 Å². The Labute approximate surface area is 107 Å². The Morgan fingerprint density at radius 2 is 2.17 bits per heavy atom. The van der Waals surface area contributed by atoms with E-state index in [1.807, 2.05) is 19.9 Å². The van der Waals surface area contributed by atoms with Crippen molar-refractivity contribution in [3.05, 3.63) is 11.9 Å². The van der Waals surface area contributed by atoms with Gasteiger partial charge in [-0.25, -0.2) is 9.97 Å². The highest BCUT2D eigenvalue weighted by Crippen LogP contribution is 2.14. The topological polar surface area (TPSA) is 78.9 Å². The van der Waals surface area contributed by atoms with E-state index in [1.165, 1.54) is 0 Å². The summed E-state index contributed by atoms with van der Waals surface area (Å²) >= 11 is 0. The van der Waals surface area contributed by atoms with E-state index in [1.54, 1.807) is 0 Å². The second kappa shape index (κ2) is 5.66. The molecule has 2 heterocycles. The van der Waals surface area contributed by atoms with Gasteiger partial charge in [0.1, 0.15) is 17.5 Å². The minimum atomic E-state index is 0.0872. The van der Waals surface area contributed by atoms with Crippen LogP contribution in [0.1, 0.15) is 26.1 Å². The van der Waals surface area contributed by atoms with Gasteiger partial charge in [-0.3, -0.25) is 4.79 Å². The van der Waals surface area contributed by atoms with Crippen molar-refractivity contribution in [2.24, 2.45) is 0 Å². The Balaban J connectivity index is 2.10. The summed E-state index contributed by atoms with van der Waals surface area (Å²) in [5, 5.41) is 9.25. The molecule has 1 atom stereocenters. The predicted octanol–water partition coefficient (Wildman–Crippen LogP) is 0.771. The molecule has 1 unspecified atom stereocenters. The molecule has 0 aliphatic carbocycles. The van der Waals surface area contributed by atoms with Crippen LogP contribution < -0.4 is 16.0 Å². The monoisotopic (exact) mass is 249 g/mol. The molecule has 0 saturated carbocycles. The van der Waals surface area contributed by atoms with Gasteiger partial charge in [0.05, 0.1) is 6.04 Å². The van der Waals surface area contributed by atoms with Gasteiger partial charge in [0.2, 0.25) is 5.91 Å². The molecule has 2 rings (SSSR count). The second-order valence-corrected chi connectivity index (χ2v) is 4.29. The second-order valence-electron chi connectivity index (χ2n) is 4.29. The van der Waals surface area contributed by atoms with Crippen molar-refractivity contribution in [3.63, 3.8) is 0 Å². The number of aryl methyl sites for hydroxylation is 1. The summed E-state index contributed by atoms with van der Waals surface area (Å²) in [6.07, 6.45) is 1.29. The summed E-state index contributed by atoms with van der Waals surface area (Å²) in [5.74, 6) is 2.49. The van der Waals surface area contributed by atoms with Crippen molar-refractivity contribution in [1.29, 1.82) is 0 Å². The zero-order valence-corrected chi connectivity index (χ0v) is 10.8. The highest BCUT2D eigenvalue weighted by Gasteiger charge is 2.21. The van der Waals surface area contributed by atoms with Crippen LogP contribution in [-0.4, -0.2) is 35.0 Å². The maximum Gasteiger partial charge on any atom is 0.222 e. The fourth-order valence-electron chi connectivity index (χ4n) is 1.92.